The Bertz CT molecular complexity index is 408. The molecule has 0 aliphatic heterocycles. The maximum Gasteiger partial charge on any atom is 1.00 e. The van der Waals surface area contributed by atoms with E-state index in [-0.39, 0.29) is 46.1 Å². The molecule has 0 amide bonds. The van der Waals surface area contributed by atoms with Crippen molar-refractivity contribution in [3.63, 3.8) is 0 Å². The van der Waals surface area contributed by atoms with Gasteiger partial charge in [0.25, 0.3) is 10.1 Å². The fourth-order valence-electron chi connectivity index (χ4n) is 0.698. The van der Waals surface area contributed by atoms with E-state index >= 15 is 0 Å². The molecule has 13 heavy (non-hydrogen) atoms. The van der Waals surface area contributed by atoms with Gasteiger partial charge in [0.2, 0.25) is 0 Å². The monoisotopic (exact) mass is 276 g/mol. The number of rotatable bonds is 1. The Hall–Kier alpha value is 0.410. The molecule has 0 fully saturated rings. The van der Waals surface area contributed by atoms with Gasteiger partial charge in [-0.25, -0.2) is 0 Å². The zero-order valence-electron chi connectivity index (χ0n) is 7.73. The molecule has 0 heterocycles. The predicted molar refractivity (Wildman–Crippen MR) is 46.7 cm³/mol. The van der Waals surface area contributed by atoms with Crippen LogP contribution >= 0.6 is 15.9 Å². The summed E-state index contributed by atoms with van der Waals surface area (Å²) in [6, 6.07) is 3.81. The number of hydrogen-bond acceptors (Lipinski definition) is 3. The second-order valence-corrected chi connectivity index (χ2v) is 4.25. The van der Waals surface area contributed by atoms with Crippen molar-refractivity contribution in [2.24, 2.45) is 0 Å². The quantitative estimate of drug-likeness (QED) is 0.485. The van der Waals surface area contributed by atoms with E-state index in [1.807, 2.05) is 0 Å². The standard InChI is InChI=1S/C6H5BrO4S.Na.H/c7-6-4(8)2-1-3-5(6)12(9,10)11;;/h1-3,8H,(H,9,10,11);;/q;+1;-1. The molecule has 0 unspecified atom stereocenters. The molecule has 0 aromatic heterocycles. The second-order valence-electron chi connectivity index (χ2n) is 2.06. The normalized spacial score (nSPS) is 10.6. The predicted octanol–water partition coefficient (Wildman–Crippen LogP) is -1.48. The van der Waals surface area contributed by atoms with Crippen LogP contribution in [0.4, 0.5) is 0 Å². The Morgan fingerprint density at radius 2 is 1.92 bits per heavy atom. The van der Waals surface area contributed by atoms with E-state index < -0.39 is 10.1 Å². The molecule has 1 aromatic rings. The van der Waals surface area contributed by atoms with Crippen molar-refractivity contribution < 1.29 is 49.1 Å². The minimum absolute atomic E-state index is 0. The van der Waals surface area contributed by atoms with Crippen LogP contribution in [0.25, 0.3) is 0 Å². The summed E-state index contributed by atoms with van der Waals surface area (Å²) >= 11 is 2.83. The van der Waals surface area contributed by atoms with Crippen LogP contribution < -0.4 is 29.6 Å². The molecule has 0 radical (unpaired) electrons. The van der Waals surface area contributed by atoms with Crippen molar-refractivity contribution in [3.05, 3.63) is 22.7 Å². The van der Waals surface area contributed by atoms with E-state index in [0.29, 0.717) is 0 Å². The SMILES string of the molecule is O=S(=O)(O)c1cccc(O)c1Br.[H-].[Na+]. The van der Waals surface area contributed by atoms with Gasteiger partial charge in [0.05, 0.1) is 4.47 Å². The molecule has 0 aliphatic rings. The Morgan fingerprint density at radius 1 is 1.38 bits per heavy atom. The zero-order valence-corrected chi connectivity index (χ0v) is 11.1. The third-order valence-corrected chi connectivity index (χ3v) is 3.21. The maximum absolute atomic E-state index is 10.6. The van der Waals surface area contributed by atoms with Crippen molar-refractivity contribution in [2.45, 2.75) is 4.90 Å². The Balaban J connectivity index is 0. The zero-order chi connectivity index (χ0) is 9.35. The number of hydrogen-bond donors (Lipinski definition) is 2. The van der Waals surface area contributed by atoms with E-state index in [4.69, 9.17) is 9.66 Å². The number of benzene rings is 1. The summed E-state index contributed by atoms with van der Waals surface area (Å²) in [5, 5.41) is 9.04. The van der Waals surface area contributed by atoms with Gasteiger partial charge in [-0.3, -0.25) is 4.55 Å². The van der Waals surface area contributed by atoms with Crippen molar-refractivity contribution in [3.8, 4) is 5.75 Å². The first-order valence-corrected chi connectivity index (χ1v) is 5.11. The minimum Gasteiger partial charge on any atom is -1.00 e. The Morgan fingerprint density at radius 3 is 2.31 bits per heavy atom. The topological polar surface area (TPSA) is 74.6 Å². The maximum atomic E-state index is 10.6. The van der Waals surface area contributed by atoms with Gasteiger partial charge < -0.3 is 6.53 Å². The summed E-state index contributed by atoms with van der Waals surface area (Å²) in [7, 11) is -4.26. The third kappa shape index (κ3) is 3.23. The van der Waals surface area contributed by atoms with E-state index in [1.165, 1.54) is 18.2 Å². The molecule has 1 aromatic carbocycles. The smallest absolute Gasteiger partial charge is 1.00 e. The molecule has 0 spiro atoms. The molecule has 0 bridgehead atoms. The van der Waals surface area contributed by atoms with Crippen LogP contribution in [0.5, 0.6) is 5.75 Å². The average Bonchev–Trinajstić information content (AvgIpc) is 1.92. The van der Waals surface area contributed by atoms with Gasteiger partial charge in [-0.1, -0.05) is 6.07 Å². The van der Waals surface area contributed by atoms with Crippen molar-refractivity contribution in [1.29, 1.82) is 0 Å². The molecule has 0 aliphatic carbocycles. The molecule has 4 nitrogen and oxygen atoms in total. The molecule has 0 atom stereocenters. The summed E-state index contributed by atoms with van der Waals surface area (Å²) in [6.45, 7) is 0. The molecule has 0 saturated carbocycles. The first-order chi connectivity index (χ1) is 5.43. The minimum atomic E-state index is -4.26. The average molecular weight is 277 g/mol. The van der Waals surface area contributed by atoms with Gasteiger partial charge in [-0.05, 0) is 28.1 Å². The fraction of sp³-hybridized carbons (Fsp3) is 0. The molecular formula is C6H6BrNaO4S. The van der Waals surface area contributed by atoms with E-state index in [2.05, 4.69) is 15.9 Å². The number of phenolic OH excluding ortho intramolecular Hbond substituents is 1. The Labute approximate surface area is 108 Å². The first kappa shape index (κ1) is 13.4. The second kappa shape index (κ2) is 4.77. The van der Waals surface area contributed by atoms with Gasteiger partial charge in [-0.2, -0.15) is 8.42 Å². The molecule has 1 rings (SSSR count). The van der Waals surface area contributed by atoms with Crippen LogP contribution in [-0.4, -0.2) is 18.1 Å². The molecule has 2 N–H and O–H groups in total. The molecule has 0 saturated heterocycles. The fourth-order valence-corrected chi connectivity index (χ4v) is 2.16. The van der Waals surface area contributed by atoms with E-state index in [0.717, 1.165) is 0 Å². The summed E-state index contributed by atoms with van der Waals surface area (Å²) in [6.07, 6.45) is 0. The third-order valence-electron chi connectivity index (χ3n) is 1.22. The van der Waals surface area contributed by atoms with Gasteiger partial charge in [-0.15, -0.1) is 0 Å². The van der Waals surface area contributed by atoms with Crippen LogP contribution in [0.15, 0.2) is 27.6 Å². The van der Waals surface area contributed by atoms with Crippen molar-refractivity contribution in [1.82, 2.24) is 0 Å². The Kier molecular flexibility index (Phi) is 4.92. The van der Waals surface area contributed by atoms with E-state index in [9.17, 15) is 8.42 Å². The van der Waals surface area contributed by atoms with E-state index in [1.54, 1.807) is 0 Å². The van der Waals surface area contributed by atoms with Gasteiger partial charge in [0.1, 0.15) is 10.6 Å². The van der Waals surface area contributed by atoms with Crippen LogP contribution in [0, 0.1) is 0 Å². The largest absolute Gasteiger partial charge is 1.00 e. The van der Waals surface area contributed by atoms with Crippen LogP contribution in [-0.2, 0) is 10.1 Å². The number of halogens is 1. The summed E-state index contributed by atoms with van der Waals surface area (Å²) in [5.41, 5.74) is 0. The van der Waals surface area contributed by atoms with Gasteiger partial charge in [0.15, 0.2) is 0 Å². The van der Waals surface area contributed by atoms with Crippen LogP contribution in [0.1, 0.15) is 1.43 Å². The summed E-state index contributed by atoms with van der Waals surface area (Å²) < 4.78 is 29.8. The van der Waals surface area contributed by atoms with Crippen LogP contribution in [0.3, 0.4) is 0 Å². The summed E-state index contributed by atoms with van der Waals surface area (Å²) in [5.74, 6) is -0.231. The van der Waals surface area contributed by atoms with Gasteiger partial charge in [0, 0.05) is 0 Å². The van der Waals surface area contributed by atoms with Crippen LogP contribution in [0.2, 0.25) is 0 Å². The molecule has 68 valence electrons. The van der Waals surface area contributed by atoms with Crippen molar-refractivity contribution >= 4 is 26.0 Å². The first-order valence-electron chi connectivity index (χ1n) is 2.88. The molecule has 7 heteroatoms. The van der Waals surface area contributed by atoms with Gasteiger partial charge >= 0.3 is 29.6 Å². The number of phenols is 1. The summed E-state index contributed by atoms with van der Waals surface area (Å²) in [4.78, 5) is -0.345. The molecular weight excluding hydrogens is 271 g/mol. The number of aromatic hydroxyl groups is 1. The van der Waals surface area contributed by atoms with Crippen molar-refractivity contribution in [2.75, 3.05) is 0 Å².